The number of halogens is 1. The molecule has 0 radical (unpaired) electrons. The number of hydrogen-bond acceptors (Lipinski definition) is 4. The highest BCUT2D eigenvalue weighted by Crippen LogP contribution is 2.17. The van der Waals surface area contributed by atoms with Gasteiger partial charge in [-0.2, -0.15) is 9.65 Å². The maximum atomic E-state index is 12.4. The molecule has 0 aliphatic rings. The van der Waals surface area contributed by atoms with Crippen LogP contribution in [0.3, 0.4) is 0 Å². The normalized spacial score (nSPS) is 14.4. The minimum Gasteiger partial charge on any atom is -0.389 e. The third-order valence-electron chi connectivity index (χ3n) is 1.76. The van der Waals surface area contributed by atoms with Crippen LogP contribution in [0.2, 0.25) is 0 Å². The lowest BCUT2D eigenvalue weighted by Crippen LogP contribution is -2.17. The molecule has 0 saturated carbocycles. The predicted octanol–water partition coefficient (Wildman–Crippen LogP) is 0.529. The predicted molar refractivity (Wildman–Crippen MR) is 45.4 cm³/mol. The molecule has 0 fully saturated rings. The fourth-order valence-electron chi connectivity index (χ4n) is 0.990. The van der Waals surface area contributed by atoms with E-state index in [1.165, 1.54) is 6.07 Å². The summed E-state index contributed by atoms with van der Waals surface area (Å²) in [5.74, 6) is -0.657. The van der Waals surface area contributed by atoms with Crippen LogP contribution in [-0.4, -0.2) is 21.3 Å². The van der Waals surface area contributed by atoms with E-state index in [-0.39, 0.29) is 12.0 Å². The summed E-state index contributed by atoms with van der Waals surface area (Å²) in [5, 5.41) is 27.0. The molecule has 0 aromatic carbocycles. The second-order valence-corrected chi connectivity index (χ2v) is 2.79. The van der Waals surface area contributed by atoms with Crippen LogP contribution in [0.1, 0.15) is 18.1 Å². The second kappa shape index (κ2) is 4.65. The number of aliphatic hydroxyl groups excluding tert-OH is 2. The summed E-state index contributed by atoms with van der Waals surface area (Å²) < 4.78 is 12.4. The molecule has 5 heteroatoms. The number of nitrogens with zero attached hydrogens (tertiary/aromatic N) is 2. The number of rotatable bonds is 3. The highest BCUT2D eigenvalue weighted by molar-refractivity contribution is 5.14. The van der Waals surface area contributed by atoms with E-state index in [9.17, 15) is 14.6 Å². The Balaban J connectivity index is 2.74. The largest absolute Gasteiger partial charge is 0.389 e. The molecule has 0 saturated heterocycles. The Morgan fingerprint density at radius 2 is 2.21 bits per heavy atom. The topological polar surface area (TPSA) is 77.1 Å². The molecule has 2 N–H and O–H groups in total. The number of nitriles is 1. The second-order valence-electron chi connectivity index (χ2n) is 2.79. The van der Waals surface area contributed by atoms with E-state index in [0.717, 1.165) is 12.3 Å². The summed E-state index contributed by atoms with van der Waals surface area (Å²) in [6.07, 6.45) is -1.44. The zero-order chi connectivity index (χ0) is 10.6. The van der Waals surface area contributed by atoms with Crippen LogP contribution in [0.4, 0.5) is 4.39 Å². The third kappa shape index (κ3) is 2.49. The Morgan fingerprint density at radius 3 is 2.71 bits per heavy atom. The average molecular weight is 196 g/mol. The van der Waals surface area contributed by atoms with Crippen molar-refractivity contribution in [3.8, 4) is 6.07 Å². The Morgan fingerprint density at radius 1 is 1.50 bits per heavy atom. The van der Waals surface area contributed by atoms with Crippen LogP contribution in [0.5, 0.6) is 0 Å². The third-order valence-corrected chi connectivity index (χ3v) is 1.76. The molecule has 0 bridgehead atoms. The van der Waals surface area contributed by atoms with Crippen LogP contribution >= 0.6 is 0 Å². The highest BCUT2D eigenvalue weighted by atomic mass is 19.1. The van der Waals surface area contributed by atoms with Gasteiger partial charge in [0.15, 0.2) is 0 Å². The minimum atomic E-state index is -1.21. The van der Waals surface area contributed by atoms with Crippen molar-refractivity contribution in [2.24, 2.45) is 0 Å². The van der Waals surface area contributed by atoms with Gasteiger partial charge in [0, 0.05) is 11.8 Å². The number of aromatic nitrogens is 1. The van der Waals surface area contributed by atoms with E-state index in [0.29, 0.717) is 0 Å². The molecule has 1 aromatic heterocycles. The van der Waals surface area contributed by atoms with Gasteiger partial charge in [-0.3, -0.25) is 0 Å². The van der Waals surface area contributed by atoms with E-state index in [1.807, 2.05) is 0 Å². The summed E-state index contributed by atoms with van der Waals surface area (Å²) in [7, 11) is 0. The number of hydrogen-bond donors (Lipinski definition) is 2. The summed E-state index contributed by atoms with van der Waals surface area (Å²) in [4.78, 5) is 3.32. The Hall–Kier alpha value is -1.51. The minimum absolute atomic E-state index is 0.182. The van der Waals surface area contributed by atoms with Gasteiger partial charge >= 0.3 is 0 Å². The van der Waals surface area contributed by atoms with Crippen LogP contribution < -0.4 is 0 Å². The maximum absolute atomic E-state index is 12.4. The monoisotopic (exact) mass is 196 g/mol. The van der Waals surface area contributed by atoms with E-state index < -0.39 is 18.2 Å². The van der Waals surface area contributed by atoms with Crippen molar-refractivity contribution in [1.82, 2.24) is 4.98 Å². The fraction of sp³-hybridized carbons (Fsp3) is 0.333. The van der Waals surface area contributed by atoms with Gasteiger partial charge in [-0.25, -0.2) is 4.98 Å². The fourth-order valence-corrected chi connectivity index (χ4v) is 0.990. The van der Waals surface area contributed by atoms with Crippen molar-refractivity contribution in [3.05, 3.63) is 29.8 Å². The van der Waals surface area contributed by atoms with E-state index in [4.69, 9.17) is 5.26 Å². The van der Waals surface area contributed by atoms with Gasteiger partial charge in [0.2, 0.25) is 5.95 Å². The molecular weight excluding hydrogens is 187 g/mol. The van der Waals surface area contributed by atoms with E-state index in [2.05, 4.69) is 4.98 Å². The van der Waals surface area contributed by atoms with Crippen LogP contribution in [0, 0.1) is 17.3 Å². The molecular formula is C9H9FN2O2. The maximum Gasteiger partial charge on any atom is 0.212 e. The molecule has 1 heterocycles. The van der Waals surface area contributed by atoms with Crippen molar-refractivity contribution < 1.29 is 14.6 Å². The summed E-state index contributed by atoms with van der Waals surface area (Å²) in [6.45, 7) is 0. The first-order valence-electron chi connectivity index (χ1n) is 3.99. The summed E-state index contributed by atoms with van der Waals surface area (Å²) >= 11 is 0. The summed E-state index contributed by atoms with van der Waals surface area (Å²) in [5.41, 5.74) is 0.286. The zero-order valence-electron chi connectivity index (χ0n) is 7.26. The van der Waals surface area contributed by atoms with Crippen molar-refractivity contribution in [2.45, 2.75) is 18.6 Å². The van der Waals surface area contributed by atoms with Gasteiger partial charge in [-0.05, 0) is 6.07 Å². The lowest BCUT2D eigenvalue weighted by molar-refractivity contribution is 0.0213. The van der Waals surface area contributed by atoms with Gasteiger partial charge in [0.25, 0.3) is 0 Å². The molecule has 2 unspecified atom stereocenters. The van der Waals surface area contributed by atoms with E-state index >= 15 is 0 Å². The Labute approximate surface area is 80.3 Å². The Kier molecular flexibility index (Phi) is 3.51. The molecule has 0 spiro atoms. The molecule has 4 nitrogen and oxygen atoms in total. The lowest BCUT2D eigenvalue weighted by atomic mass is 10.0. The standard InChI is InChI=1S/C9H9FN2O2/c10-8-2-1-6(5-12-8)9(14)7(13)3-4-11/h1-2,5,7,9,13-14H,3H2. The van der Waals surface area contributed by atoms with Gasteiger partial charge in [0.1, 0.15) is 6.10 Å². The van der Waals surface area contributed by atoms with Gasteiger partial charge in [0.05, 0.1) is 18.6 Å². The molecule has 0 aliphatic heterocycles. The Bertz CT molecular complexity index is 334. The highest BCUT2D eigenvalue weighted by Gasteiger charge is 2.18. The van der Waals surface area contributed by atoms with Crippen LogP contribution in [0.25, 0.3) is 0 Å². The molecule has 14 heavy (non-hydrogen) atoms. The molecule has 2 atom stereocenters. The quantitative estimate of drug-likeness (QED) is 0.691. The van der Waals surface area contributed by atoms with Crippen molar-refractivity contribution in [2.75, 3.05) is 0 Å². The number of aliphatic hydroxyl groups is 2. The molecule has 1 aromatic rings. The first-order chi connectivity index (χ1) is 6.65. The van der Waals surface area contributed by atoms with Crippen LogP contribution in [0.15, 0.2) is 18.3 Å². The smallest absolute Gasteiger partial charge is 0.212 e. The van der Waals surface area contributed by atoms with Crippen molar-refractivity contribution in [1.29, 1.82) is 5.26 Å². The first kappa shape index (κ1) is 10.6. The van der Waals surface area contributed by atoms with Crippen LogP contribution in [-0.2, 0) is 0 Å². The average Bonchev–Trinajstić information content (AvgIpc) is 2.18. The zero-order valence-corrected chi connectivity index (χ0v) is 7.26. The molecule has 74 valence electrons. The van der Waals surface area contributed by atoms with Crippen molar-refractivity contribution >= 4 is 0 Å². The van der Waals surface area contributed by atoms with Gasteiger partial charge < -0.3 is 10.2 Å². The van der Waals surface area contributed by atoms with Gasteiger partial charge in [-0.15, -0.1) is 0 Å². The molecule has 0 aliphatic carbocycles. The lowest BCUT2D eigenvalue weighted by Gasteiger charge is -2.14. The first-order valence-corrected chi connectivity index (χ1v) is 3.99. The van der Waals surface area contributed by atoms with Gasteiger partial charge in [-0.1, -0.05) is 6.07 Å². The van der Waals surface area contributed by atoms with Crippen molar-refractivity contribution in [3.63, 3.8) is 0 Å². The SMILES string of the molecule is N#CCC(O)C(O)c1ccc(F)nc1. The molecule has 1 rings (SSSR count). The molecule has 0 amide bonds. The van der Waals surface area contributed by atoms with E-state index in [1.54, 1.807) is 6.07 Å². The number of pyridine rings is 1. The summed E-state index contributed by atoms with van der Waals surface area (Å²) in [6, 6.07) is 4.12.